The van der Waals surface area contributed by atoms with Gasteiger partial charge in [-0.2, -0.15) is 15.4 Å². The summed E-state index contributed by atoms with van der Waals surface area (Å²) in [6.45, 7) is 0.788. The molecule has 0 atom stereocenters. The minimum absolute atomic E-state index is 0.788. The Balaban J connectivity index is 1.69. The average Bonchev–Trinajstić information content (AvgIpc) is 3.27. The fourth-order valence-corrected chi connectivity index (χ4v) is 4.08. The lowest BCUT2D eigenvalue weighted by Gasteiger charge is -2.05. The Kier molecular flexibility index (Phi) is 3.61. The summed E-state index contributed by atoms with van der Waals surface area (Å²) in [5.41, 5.74) is 4.99. The third kappa shape index (κ3) is 2.70. The molecule has 0 aliphatic rings. The van der Waals surface area contributed by atoms with Gasteiger partial charge in [0.1, 0.15) is 11.0 Å². The van der Waals surface area contributed by atoms with Crippen molar-refractivity contribution in [3.8, 4) is 0 Å². The fourth-order valence-electron chi connectivity index (χ4n) is 3.03. The standard InChI is InChI=1S/C20H15N5S/c1-2-6-14(7-3-1)13-25-18-8-4-5-9-19(18)26-20(25)21-15-10-11-16-17(12-15)23-24-22-16/h1-12H,13H2,(H,22,23,24). The van der Waals surface area contributed by atoms with Crippen molar-refractivity contribution in [2.45, 2.75) is 6.54 Å². The van der Waals surface area contributed by atoms with Crippen molar-refractivity contribution < 1.29 is 0 Å². The van der Waals surface area contributed by atoms with E-state index in [4.69, 9.17) is 4.99 Å². The Morgan fingerprint density at radius 2 is 1.69 bits per heavy atom. The van der Waals surface area contributed by atoms with Crippen molar-refractivity contribution in [2.24, 2.45) is 4.99 Å². The summed E-state index contributed by atoms with van der Waals surface area (Å²) in [5.74, 6) is 0. The molecule has 3 aromatic carbocycles. The van der Waals surface area contributed by atoms with Crippen molar-refractivity contribution in [3.05, 3.63) is 83.2 Å². The van der Waals surface area contributed by atoms with Crippen molar-refractivity contribution in [1.29, 1.82) is 0 Å². The molecule has 2 heterocycles. The summed E-state index contributed by atoms with van der Waals surface area (Å²) in [6.07, 6.45) is 0. The second-order valence-electron chi connectivity index (χ2n) is 6.03. The predicted octanol–water partition coefficient (Wildman–Crippen LogP) is 4.25. The number of benzene rings is 3. The van der Waals surface area contributed by atoms with E-state index in [1.807, 2.05) is 24.3 Å². The van der Waals surface area contributed by atoms with E-state index in [9.17, 15) is 0 Å². The molecule has 26 heavy (non-hydrogen) atoms. The quantitative estimate of drug-likeness (QED) is 0.525. The second kappa shape index (κ2) is 6.24. The van der Waals surface area contributed by atoms with Crippen LogP contribution < -0.4 is 4.80 Å². The maximum absolute atomic E-state index is 4.90. The highest BCUT2D eigenvalue weighted by molar-refractivity contribution is 7.16. The summed E-state index contributed by atoms with van der Waals surface area (Å²) in [6, 6.07) is 24.8. The minimum Gasteiger partial charge on any atom is -0.312 e. The Morgan fingerprint density at radius 3 is 2.62 bits per heavy atom. The molecule has 5 aromatic rings. The topological polar surface area (TPSA) is 58.9 Å². The van der Waals surface area contributed by atoms with Crippen LogP contribution in [0.1, 0.15) is 5.56 Å². The third-order valence-electron chi connectivity index (χ3n) is 4.30. The van der Waals surface area contributed by atoms with E-state index >= 15 is 0 Å². The molecule has 0 bridgehead atoms. The number of rotatable bonds is 3. The molecule has 0 fully saturated rings. The second-order valence-corrected chi connectivity index (χ2v) is 7.04. The van der Waals surface area contributed by atoms with Gasteiger partial charge in [0, 0.05) is 0 Å². The highest BCUT2D eigenvalue weighted by Crippen LogP contribution is 2.21. The Morgan fingerprint density at radius 1 is 0.885 bits per heavy atom. The molecule has 0 amide bonds. The molecule has 1 N–H and O–H groups in total. The van der Waals surface area contributed by atoms with Gasteiger partial charge in [-0.3, -0.25) is 0 Å². The molecule has 0 saturated carbocycles. The first kappa shape index (κ1) is 15.0. The van der Waals surface area contributed by atoms with E-state index in [0.717, 1.165) is 28.1 Å². The van der Waals surface area contributed by atoms with E-state index in [0.29, 0.717) is 0 Å². The number of aromatic amines is 1. The van der Waals surface area contributed by atoms with E-state index < -0.39 is 0 Å². The van der Waals surface area contributed by atoms with Gasteiger partial charge < -0.3 is 4.57 Å². The molecule has 6 heteroatoms. The summed E-state index contributed by atoms with van der Waals surface area (Å²) in [5, 5.41) is 10.9. The van der Waals surface area contributed by atoms with Crippen LogP contribution in [0.4, 0.5) is 5.69 Å². The lowest BCUT2D eigenvalue weighted by molar-refractivity contribution is 0.800. The van der Waals surface area contributed by atoms with Gasteiger partial charge in [-0.1, -0.05) is 53.8 Å². The normalized spacial score (nSPS) is 12.2. The van der Waals surface area contributed by atoms with Crippen LogP contribution in [0.5, 0.6) is 0 Å². The van der Waals surface area contributed by atoms with Gasteiger partial charge in [-0.15, -0.1) is 0 Å². The van der Waals surface area contributed by atoms with Crippen LogP contribution in [0.2, 0.25) is 0 Å². The summed E-state index contributed by atoms with van der Waals surface area (Å²) in [7, 11) is 0. The number of aromatic nitrogens is 4. The van der Waals surface area contributed by atoms with E-state index in [-0.39, 0.29) is 0 Å². The van der Waals surface area contributed by atoms with Gasteiger partial charge in [0.15, 0.2) is 4.80 Å². The van der Waals surface area contributed by atoms with Crippen LogP contribution in [0.3, 0.4) is 0 Å². The molecule has 0 radical (unpaired) electrons. The van der Waals surface area contributed by atoms with Crippen molar-refractivity contribution in [1.82, 2.24) is 20.0 Å². The van der Waals surface area contributed by atoms with E-state index in [1.165, 1.54) is 15.8 Å². The van der Waals surface area contributed by atoms with Gasteiger partial charge in [0.05, 0.1) is 22.4 Å². The molecule has 2 aromatic heterocycles. The first-order chi connectivity index (χ1) is 12.9. The average molecular weight is 357 g/mol. The van der Waals surface area contributed by atoms with Crippen molar-refractivity contribution in [3.63, 3.8) is 0 Å². The number of para-hydroxylation sites is 1. The highest BCUT2D eigenvalue weighted by Gasteiger charge is 2.07. The zero-order valence-corrected chi connectivity index (χ0v) is 14.6. The number of hydrogen-bond acceptors (Lipinski definition) is 4. The van der Waals surface area contributed by atoms with Crippen molar-refractivity contribution in [2.75, 3.05) is 0 Å². The van der Waals surface area contributed by atoms with Crippen LogP contribution >= 0.6 is 11.3 Å². The molecule has 0 saturated heterocycles. The van der Waals surface area contributed by atoms with E-state index in [1.54, 1.807) is 11.3 Å². The summed E-state index contributed by atoms with van der Waals surface area (Å²) < 4.78 is 3.49. The smallest absolute Gasteiger partial charge is 0.191 e. The maximum Gasteiger partial charge on any atom is 0.191 e. The number of hydrogen-bond donors (Lipinski definition) is 1. The molecule has 0 unspecified atom stereocenters. The SMILES string of the molecule is c1ccc(Cn2c(=Nc3ccc4n[nH]nc4c3)sc3ccccc32)cc1. The highest BCUT2D eigenvalue weighted by atomic mass is 32.1. The largest absolute Gasteiger partial charge is 0.312 e. The molecule has 126 valence electrons. The zero-order valence-electron chi connectivity index (χ0n) is 13.8. The van der Waals surface area contributed by atoms with Gasteiger partial charge in [-0.05, 0) is 35.9 Å². The van der Waals surface area contributed by atoms with Crippen LogP contribution in [0.25, 0.3) is 21.3 Å². The Hall–Kier alpha value is -3.25. The molecule has 5 rings (SSSR count). The number of H-pyrrole nitrogens is 1. The Labute approximate surface area is 153 Å². The molecular formula is C20H15N5S. The number of nitrogens with zero attached hydrogens (tertiary/aromatic N) is 4. The van der Waals surface area contributed by atoms with Gasteiger partial charge in [0.2, 0.25) is 0 Å². The van der Waals surface area contributed by atoms with Crippen molar-refractivity contribution >= 4 is 38.3 Å². The Bertz CT molecular complexity index is 1260. The number of nitrogens with one attached hydrogen (secondary N) is 1. The third-order valence-corrected chi connectivity index (χ3v) is 5.36. The summed E-state index contributed by atoms with van der Waals surface area (Å²) >= 11 is 1.70. The predicted molar refractivity (Wildman–Crippen MR) is 104 cm³/mol. The van der Waals surface area contributed by atoms with Gasteiger partial charge in [-0.25, -0.2) is 4.99 Å². The lowest BCUT2D eigenvalue weighted by atomic mass is 10.2. The first-order valence-corrected chi connectivity index (χ1v) is 9.16. The molecule has 0 spiro atoms. The van der Waals surface area contributed by atoms with Gasteiger partial charge >= 0.3 is 0 Å². The molecule has 0 aliphatic carbocycles. The minimum atomic E-state index is 0.788. The first-order valence-electron chi connectivity index (χ1n) is 8.34. The van der Waals surface area contributed by atoms with Crippen LogP contribution in [-0.2, 0) is 6.54 Å². The molecular weight excluding hydrogens is 342 g/mol. The number of thiazole rings is 1. The molecule has 0 aliphatic heterocycles. The number of fused-ring (bicyclic) bond motifs is 2. The zero-order chi connectivity index (χ0) is 17.3. The maximum atomic E-state index is 4.90. The lowest BCUT2D eigenvalue weighted by Crippen LogP contribution is -2.15. The fraction of sp³-hybridized carbons (Fsp3) is 0.0500. The van der Waals surface area contributed by atoms with Crippen LogP contribution in [0.15, 0.2) is 77.8 Å². The van der Waals surface area contributed by atoms with Crippen LogP contribution in [0, 0.1) is 0 Å². The molecule has 5 nitrogen and oxygen atoms in total. The summed E-state index contributed by atoms with van der Waals surface area (Å²) in [4.78, 5) is 5.87. The van der Waals surface area contributed by atoms with Gasteiger partial charge in [0.25, 0.3) is 0 Å². The van der Waals surface area contributed by atoms with Crippen LogP contribution in [-0.4, -0.2) is 20.0 Å². The monoisotopic (exact) mass is 357 g/mol. The van der Waals surface area contributed by atoms with E-state index in [2.05, 4.69) is 68.5 Å².